The topological polar surface area (TPSA) is 86.8 Å². The average molecular weight is 482 g/mol. The highest BCUT2D eigenvalue weighted by Gasteiger charge is 2.37. The first kappa shape index (κ1) is 24.4. The number of esters is 1. The first-order chi connectivity index (χ1) is 16.0. The van der Waals surface area contributed by atoms with Crippen molar-refractivity contribution < 1.29 is 45.8 Å². The number of carbonyl (C=O) groups excluding carboxylic acids is 2. The maximum absolute atomic E-state index is 15.0. The van der Waals surface area contributed by atoms with E-state index in [2.05, 4.69) is 15.0 Å². The van der Waals surface area contributed by atoms with Crippen molar-refractivity contribution in [3.8, 4) is 17.2 Å². The molecular formula is C22H15F5N2O5. The number of benzene rings is 2. The van der Waals surface area contributed by atoms with Crippen molar-refractivity contribution >= 4 is 17.6 Å². The second-order valence-electron chi connectivity index (χ2n) is 6.57. The number of nitrogens with one attached hydrogen (secondary N) is 1. The van der Waals surface area contributed by atoms with E-state index in [9.17, 15) is 31.5 Å². The van der Waals surface area contributed by atoms with Crippen LogP contribution in [0.5, 0.6) is 17.2 Å². The molecule has 178 valence electrons. The van der Waals surface area contributed by atoms with Gasteiger partial charge >= 0.3 is 12.1 Å². The van der Waals surface area contributed by atoms with Gasteiger partial charge in [0.1, 0.15) is 22.8 Å². The van der Waals surface area contributed by atoms with E-state index < -0.39 is 46.6 Å². The van der Waals surface area contributed by atoms with E-state index in [-0.39, 0.29) is 22.9 Å². The van der Waals surface area contributed by atoms with Gasteiger partial charge in [0.25, 0.3) is 5.91 Å². The van der Waals surface area contributed by atoms with E-state index in [4.69, 9.17) is 9.47 Å². The minimum Gasteiger partial charge on any atom is -0.493 e. The maximum atomic E-state index is 15.0. The summed E-state index contributed by atoms with van der Waals surface area (Å²) < 4.78 is 83.2. The molecule has 0 aliphatic heterocycles. The van der Waals surface area contributed by atoms with Gasteiger partial charge in [-0.3, -0.25) is 4.79 Å². The van der Waals surface area contributed by atoms with Crippen molar-refractivity contribution in [2.75, 3.05) is 19.5 Å². The van der Waals surface area contributed by atoms with E-state index >= 15 is 0 Å². The quantitative estimate of drug-likeness (QED) is 0.383. The van der Waals surface area contributed by atoms with Crippen LogP contribution < -0.4 is 14.8 Å². The van der Waals surface area contributed by atoms with Crippen LogP contribution in [-0.2, 0) is 10.9 Å². The molecule has 3 aromatic rings. The van der Waals surface area contributed by atoms with Gasteiger partial charge in [-0.2, -0.15) is 13.2 Å². The van der Waals surface area contributed by atoms with Gasteiger partial charge in [0, 0.05) is 18.0 Å². The van der Waals surface area contributed by atoms with Gasteiger partial charge in [-0.1, -0.05) is 0 Å². The molecule has 2 aromatic carbocycles. The number of carbonyl (C=O) groups is 2. The lowest BCUT2D eigenvalue weighted by atomic mass is 10.1. The summed E-state index contributed by atoms with van der Waals surface area (Å²) in [6.45, 7) is 0. The maximum Gasteiger partial charge on any atom is 0.419 e. The predicted molar refractivity (Wildman–Crippen MR) is 108 cm³/mol. The number of pyridine rings is 1. The van der Waals surface area contributed by atoms with Crippen LogP contribution in [-0.4, -0.2) is 31.1 Å². The smallest absolute Gasteiger partial charge is 0.419 e. The summed E-state index contributed by atoms with van der Waals surface area (Å²) in [5.74, 6) is -5.69. The molecule has 0 unspecified atom stereocenters. The summed E-state index contributed by atoms with van der Waals surface area (Å²) in [6.07, 6.45) is -3.98. The number of anilines is 1. The molecule has 1 N–H and O–H groups in total. The largest absolute Gasteiger partial charge is 0.493 e. The Balaban J connectivity index is 2.07. The molecule has 0 atom stereocenters. The van der Waals surface area contributed by atoms with Crippen molar-refractivity contribution in [1.82, 2.24) is 4.98 Å². The number of aromatic nitrogens is 1. The number of halogens is 5. The zero-order valence-corrected chi connectivity index (χ0v) is 17.5. The number of ether oxygens (including phenoxy) is 3. The van der Waals surface area contributed by atoms with Gasteiger partial charge in [-0.15, -0.1) is 0 Å². The van der Waals surface area contributed by atoms with Crippen LogP contribution in [0.15, 0.2) is 48.7 Å². The zero-order valence-electron chi connectivity index (χ0n) is 17.5. The molecular weight excluding hydrogens is 467 g/mol. The lowest BCUT2D eigenvalue weighted by molar-refractivity contribution is -0.140. The van der Waals surface area contributed by atoms with Crippen LogP contribution in [0.1, 0.15) is 26.4 Å². The Labute approximate surface area is 189 Å². The lowest BCUT2D eigenvalue weighted by Gasteiger charge is -2.17. The molecule has 12 heteroatoms. The van der Waals surface area contributed by atoms with E-state index in [0.29, 0.717) is 6.07 Å². The molecule has 7 nitrogen and oxygen atoms in total. The summed E-state index contributed by atoms with van der Waals surface area (Å²) in [5, 5.41) is 2.20. The number of methoxy groups -OCH3 is 2. The van der Waals surface area contributed by atoms with E-state index in [1.165, 1.54) is 13.2 Å². The monoisotopic (exact) mass is 482 g/mol. The van der Waals surface area contributed by atoms with Crippen molar-refractivity contribution in [2.45, 2.75) is 6.18 Å². The third-order valence-corrected chi connectivity index (χ3v) is 4.39. The lowest BCUT2D eigenvalue weighted by Crippen LogP contribution is -2.19. The van der Waals surface area contributed by atoms with Crippen molar-refractivity contribution in [3.63, 3.8) is 0 Å². The molecule has 0 radical (unpaired) electrons. The van der Waals surface area contributed by atoms with Crippen LogP contribution >= 0.6 is 0 Å². The number of nitrogens with zero attached hydrogens (tertiary/aromatic N) is 1. The fourth-order valence-electron chi connectivity index (χ4n) is 2.84. The Bertz CT molecular complexity index is 1250. The Morgan fingerprint density at radius 2 is 1.65 bits per heavy atom. The number of alkyl halides is 3. The molecule has 34 heavy (non-hydrogen) atoms. The Kier molecular flexibility index (Phi) is 6.99. The van der Waals surface area contributed by atoms with Gasteiger partial charge in [0.05, 0.1) is 19.8 Å². The number of hydrogen-bond acceptors (Lipinski definition) is 6. The highest BCUT2D eigenvalue weighted by atomic mass is 19.4. The fraction of sp³-hybridized carbons (Fsp3) is 0.136. The third kappa shape index (κ3) is 5.22. The van der Waals surface area contributed by atoms with Gasteiger partial charge < -0.3 is 19.5 Å². The fourth-order valence-corrected chi connectivity index (χ4v) is 2.84. The van der Waals surface area contributed by atoms with Crippen molar-refractivity contribution in [2.24, 2.45) is 0 Å². The molecule has 0 aliphatic rings. The summed E-state index contributed by atoms with van der Waals surface area (Å²) in [5.41, 5.74) is -3.08. The molecule has 0 aliphatic carbocycles. The summed E-state index contributed by atoms with van der Waals surface area (Å²) in [7, 11) is 2.28. The molecule has 0 bridgehead atoms. The molecule has 0 saturated heterocycles. The third-order valence-electron chi connectivity index (χ3n) is 4.39. The van der Waals surface area contributed by atoms with Gasteiger partial charge in [0.15, 0.2) is 17.3 Å². The molecule has 1 amide bonds. The molecule has 0 fully saturated rings. The molecule has 1 heterocycles. The second kappa shape index (κ2) is 9.73. The molecule has 0 spiro atoms. The predicted octanol–water partition coefficient (Wildman–Crippen LogP) is 5.22. The highest BCUT2D eigenvalue weighted by molar-refractivity contribution is 6.07. The van der Waals surface area contributed by atoms with Crippen molar-refractivity contribution in [1.29, 1.82) is 0 Å². The second-order valence-corrected chi connectivity index (χ2v) is 6.57. The molecule has 0 saturated carbocycles. The standard InChI is InChI=1S/C22H15F5N2O5/c1-32-17-9-11(23)3-5-15(17)34-16-6-4-13(22(25,26)27)19(24)18(16)20(30)29-12-7-8-28-14(10-12)21(31)33-2/h3-10H,1-2H3,(H,28,29,30). The molecule has 3 rings (SSSR count). The Hall–Kier alpha value is -4.22. The Morgan fingerprint density at radius 3 is 2.29 bits per heavy atom. The van der Waals surface area contributed by atoms with Crippen LogP contribution in [0.2, 0.25) is 0 Å². The first-order valence-corrected chi connectivity index (χ1v) is 9.32. The number of amides is 1. The van der Waals surface area contributed by atoms with Gasteiger partial charge in [-0.05, 0) is 36.4 Å². The van der Waals surface area contributed by atoms with Crippen LogP contribution in [0, 0.1) is 11.6 Å². The average Bonchev–Trinajstić information content (AvgIpc) is 2.78. The summed E-state index contributed by atoms with van der Waals surface area (Å²) >= 11 is 0. The minimum absolute atomic E-state index is 0.0810. The number of hydrogen-bond donors (Lipinski definition) is 1. The van der Waals surface area contributed by atoms with E-state index in [1.54, 1.807) is 0 Å². The van der Waals surface area contributed by atoms with E-state index in [0.717, 1.165) is 43.6 Å². The zero-order chi connectivity index (χ0) is 25.0. The van der Waals surface area contributed by atoms with Crippen LogP contribution in [0.25, 0.3) is 0 Å². The molecule has 1 aromatic heterocycles. The number of rotatable bonds is 6. The SMILES string of the molecule is COC(=O)c1cc(NC(=O)c2c(Oc3ccc(F)cc3OC)ccc(C(F)(F)F)c2F)ccn1. The van der Waals surface area contributed by atoms with Crippen LogP contribution in [0.4, 0.5) is 27.6 Å². The summed E-state index contributed by atoms with van der Waals surface area (Å²) in [6, 6.07) is 6.45. The minimum atomic E-state index is -5.11. The normalized spacial score (nSPS) is 11.0. The van der Waals surface area contributed by atoms with Crippen LogP contribution in [0.3, 0.4) is 0 Å². The highest BCUT2D eigenvalue weighted by Crippen LogP contribution is 2.39. The Morgan fingerprint density at radius 1 is 0.941 bits per heavy atom. The first-order valence-electron chi connectivity index (χ1n) is 9.32. The van der Waals surface area contributed by atoms with Gasteiger partial charge in [-0.25, -0.2) is 18.6 Å². The summed E-state index contributed by atoms with van der Waals surface area (Å²) in [4.78, 5) is 28.2. The van der Waals surface area contributed by atoms with Crippen molar-refractivity contribution in [3.05, 3.63) is 77.1 Å². The van der Waals surface area contributed by atoms with E-state index in [1.807, 2.05) is 0 Å². The van der Waals surface area contributed by atoms with Gasteiger partial charge in [0.2, 0.25) is 0 Å².